The number of carbonyl (C=O) groups is 3. The molecule has 0 saturated heterocycles. The minimum Gasteiger partial charge on any atom is -0.480 e. The van der Waals surface area contributed by atoms with E-state index in [4.69, 9.17) is 10.2 Å². The number of amides is 3. The number of rotatable bonds is 7. The number of carbonyl (C=O) groups excluding carboxylic acids is 2. The standard InChI is InChI=1S/C10H19N3O5/c1-3-4-13(5-8(15)11-2)10(18)12-7(6-14)9(16)17/h7,14H,3-6H2,1-2H3,(H,11,15)(H,12,18)(H,16,17). The lowest BCUT2D eigenvalue weighted by Crippen LogP contribution is -2.51. The lowest BCUT2D eigenvalue weighted by Gasteiger charge is -2.23. The molecule has 0 radical (unpaired) electrons. The van der Waals surface area contributed by atoms with Crippen molar-refractivity contribution in [1.82, 2.24) is 15.5 Å². The van der Waals surface area contributed by atoms with Gasteiger partial charge in [0.2, 0.25) is 5.91 Å². The van der Waals surface area contributed by atoms with E-state index in [-0.39, 0.29) is 12.5 Å². The van der Waals surface area contributed by atoms with E-state index in [1.54, 1.807) is 0 Å². The van der Waals surface area contributed by atoms with Crippen LogP contribution in [-0.2, 0) is 9.59 Å². The fourth-order valence-electron chi connectivity index (χ4n) is 1.20. The monoisotopic (exact) mass is 261 g/mol. The first kappa shape index (κ1) is 16.2. The van der Waals surface area contributed by atoms with Crippen LogP contribution in [0.25, 0.3) is 0 Å². The molecule has 0 aliphatic carbocycles. The van der Waals surface area contributed by atoms with E-state index < -0.39 is 24.6 Å². The lowest BCUT2D eigenvalue weighted by atomic mass is 10.3. The van der Waals surface area contributed by atoms with Crippen molar-refractivity contribution in [2.24, 2.45) is 0 Å². The Morgan fingerprint density at radius 1 is 1.33 bits per heavy atom. The van der Waals surface area contributed by atoms with E-state index in [1.807, 2.05) is 6.92 Å². The molecule has 0 aromatic heterocycles. The molecular weight excluding hydrogens is 242 g/mol. The molecule has 8 heteroatoms. The van der Waals surface area contributed by atoms with Gasteiger partial charge >= 0.3 is 12.0 Å². The molecule has 0 bridgehead atoms. The maximum Gasteiger partial charge on any atom is 0.328 e. The van der Waals surface area contributed by atoms with Crippen molar-refractivity contribution < 1.29 is 24.6 Å². The van der Waals surface area contributed by atoms with Gasteiger partial charge in [0.25, 0.3) is 0 Å². The third-order valence-corrected chi connectivity index (χ3v) is 2.17. The van der Waals surface area contributed by atoms with Crippen LogP contribution in [0.1, 0.15) is 13.3 Å². The van der Waals surface area contributed by atoms with Gasteiger partial charge in [-0.15, -0.1) is 0 Å². The smallest absolute Gasteiger partial charge is 0.328 e. The van der Waals surface area contributed by atoms with Crippen molar-refractivity contribution in [1.29, 1.82) is 0 Å². The van der Waals surface area contributed by atoms with Gasteiger partial charge in [-0.3, -0.25) is 4.79 Å². The van der Waals surface area contributed by atoms with Crippen LogP contribution < -0.4 is 10.6 Å². The van der Waals surface area contributed by atoms with Crippen LogP contribution >= 0.6 is 0 Å². The van der Waals surface area contributed by atoms with Gasteiger partial charge in [-0.2, -0.15) is 0 Å². The first-order chi connectivity index (χ1) is 8.46. The average Bonchev–Trinajstić information content (AvgIpc) is 2.34. The van der Waals surface area contributed by atoms with Crippen molar-refractivity contribution in [3.05, 3.63) is 0 Å². The van der Waals surface area contributed by atoms with Crippen LogP contribution in [-0.4, -0.2) is 65.8 Å². The normalized spacial score (nSPS) is 11.5. The molecule has 0 rings (SSSR count). The van der Waals surface area contributed by atoms with Gasteiger partial charge in [0, 0.05) is 13.6 Å². The summed E-state index contributed by atoms with van der Waals surface area (Å²) in [7, 11) is 1.44. The van der Waals surface area contributed by atoms with Crippen molar-refractivity contribution in [3.8, 4) is 0 Å². The van der Waals surface area contributed by atoms with Gasteiger partial charge in [-0.25, -0.2) is 9.59 Å². The number of aliphatic carboxylic acids is 1. The number of carboxylic acids is 1. The molecule has 104 valence electrons. The van der Waals surface area contributed by atoms with Gasteiger partial charge in [-0.05, 0) is 6.42 Å². The van der Waals surface area contributed by atoms with Crippen LogP contribution in [0.3, 0.4) is 0 Å². The summed E-state index contributed by atoms with van der Waals surface area (Å²) in [6.07, 6.45) is 0.626. The predicted octanol–water partition coefficient (Wildman–Crippen LogP) is -1.40. The van der Waals surface area contributed by atoms with Crippen LogP contribution in [0.2, 0.25) is 0 Å². The Hall–Kier alpha value is -1.83. The quantitative estimate of drug-likeness (QED) is 0.449. The summed E-state index contributed by atoms with van der Waals surface area (Å²) in [5.41, 5.74) is 0. The number of urea groups is 1. The molecular formula is C10H19N3O5. The molecule has 8 nitrogen and oxygen atoms in total. The molecule has 0 spiro atoms. The first-order valence-corrected chi connectivity index (χ1v) is 5.55. The molecule has 0 aliphatic rings. The van der Waals surface area contributed by atoms with Gasteiger partial charge in [0.1, 0.15) is 6.54 Å². The molecule has 3 amide bonds. The zero-order chi connectivity index (χ0) is 14.1. The fraction of sp³-hybridized carbons (Fsp3) is 0.700. The van der Waals surface area contributed by atoms with E-state index in [1.165, 1.54) is 11.9 Å². The van der Waals surface area contributed by atoms with Gasteiger partial charge in [-0.1, -0.05) is 6.92 Å². The van der Waals surface area contributed by atoms with Crippen LogP contribution in [0.5, 0.6) is 0 Å². The highest BCUT2D eigenvalue weighted by Crippen LogP contribution is 1.95. The Morgan fingerprint density at radius 3 is 2.33 bits per heavy atom. The highest BCUT2D eigenvalue weighted by Gasteiger charge is 2.23. The summed E-state index contributed by atoms with van der Waals surface area (Å²) < 4.78 is 0. The molecule has 0 aliphatic heterocycles. The Kier molecular flexibility index (Phi) is 7.45. The molecule has 1 unspecified atom stereocenters. The summed E-state index contributed by atoms with van der Waals surface area (Å²) in [6, 6.07) is -2.07. The molecule has 0 aromatic carbocycles. The SMILES string of the molecule is CCCN(CC(=O)NC)C(=O)NC(CO)C(=O)O. The maximum absolute atomic E-state index is 11.7. The zero-order valence-electron chi connectivity index (χ0n) is 10.5. The summed E-state index contributed by atoms with van der Waals surface area (Å²) in [5, 5.41) is 22.0. The number of nitrogens with zero attached hydrogens (tertiary/aromatic N) is 1. The molecule has 0 saturated carbocycles. The number of nitrogens with one attached hydrogen (secondary N) is 2. The summed E-state index contributed by atoms with van der Waals surface area (Å²) in [5.74, 6) is -1.68. The molecule has 18 heavy (non-hydrogen) atoms. The Bertz CT molecular complexity index is 308. The van der Waals surface area contributed by atoms with E-state index in [0.717, 1.165) is 0 Å². The molecule has 0 fully saturated rings. The number of hydrogen-bond acceptors (Lipinski definition) is 4. The van der Waals surface area contributed by atoms with E-state index in [2.05, 4.69) is 10.6 Å². The Labute approximate surface area is 105 Å². The number of aliphatic hydroxyl groups is 1. The summed E-state index contributed by atoms with van der Waals surface area (Å²) >= 11 is 0. The summed E-state index contributed by atoms with van der Waals surface area (Å²) in [6.45, 7) is 1.27. The molecule has 1 atom stereocenters. The van der Waals surface area contributed by atoms with Gasteiger partial charge in [0.05, 0.1) is 6.61 Å². The number of likely N-dealkylation sites (N-methyl/N-ethyl adjacent to an activating group) is 1. The number of hydrogen-bond donors (Lipinski definition) is 4. The Balaban J connectivity index is 4.55. The minimum absolute atomic E-state index is 0.159. The highest BCUT2D eigenvalue weighted by molar-refractivity contribution is 5.86. The van der Waals surface area contributed by atoms with Crippen LogP contribution in [0, 0.1) is 0 Å². The van der Waals surface area contributed by atoms with Crippen molar-refractivity contribution in [2.45, 2.75) is 19.4 Å². The third-order valence-electron chi connectivity index (χ3n) is 2.17. The van der Waals surface area contributed by atoms with E-state index in [0.29, 0.717) is 13.0 Å². The van der Waals surface area contributed by atoms with E-state index >= 15 is 0 Å². The molecule has 4 N–H and O–H groups in total. The summed E-state index contributed by atoms with van der Waals surface area (Å²) in [4.78, 5) is 34.7. The van der Waals surface area contributed by atoms with Crippen molar-refractivity contribution in [3.63, 3.8) is 0 Å². The maximum atomic E-state index is 11.7. The minimum atomic E-state index is -1.37. The second-order valence-corrected chi connectivity index (χ2v) is 3.62. The average molecular weight is 261 g/mol. The third kappa shape index (κ3) is 5.48. The van der Waals surface area contributed by atoms with Crippen molar-refractivity contribution >= 4 is 17.9 Å². The largest absolute Gasteiger partial charge is 0.480 e. The second kappa shape index (κ2) is 8.29. The lowest BCUT2D eigenvalue weighted by molar-refractivity contribution is -0.140. The van der Waals surface area contributed by atoms with Crippen LogP contribution in [0.4, 0.5) is 4.79 Å². The zero-order valence-corrected chi connectivity index (χ0v) is 10.5. The first-order valence-electron chi connectivity index (χ1n) is 5.55. The van der Waals surface area contributed by atoms with Gasteiger partial charge in [0.15, 0.2) is 6.04 Å². The number of aliphatic hydroxyl groups excluding tert-OH is 1. The second-order valence-electron chi connectivity index (χ2n) is 3.62. The fourth-order valence-corrected chi connectivity index (χ4v) is 1.20. The highest BCUT2D eigenvalue weighted by atomic mass is 16.4. The molecule has 0 heterocycles. The number of carboxylic acid groups (broad SMARTS) is 1. The van der Waals surface area contributed by atoms with E-state index in [9.17, 15) is 14.4 Å². The van der Waals surface area contributed by atoms with Gasteiger partial charge < -0.3 is 25.7 Å². The van der Waals surface area contributed by atoms with Crippen molar-refractivity contribution in [2.75, 3.05) is 26.7 Å². The predicted molar refractivity (Wildman–Crippen MR) is 63.0 cm³/mol. The van der Waals surface area contributed by atoms with Crippen LogP contribution in [0.15, 0.2) is 0 Å². The Morgan fingerprint density at radius 2 is 1.94 bits per heavy atom. The molecule has 0 aromatic rings. The topological polar surface area (TPSA) is 119 Å².